The average molecular weight is 292 g/mol. The first-order valence-electron chi connectivity index (χ1n) is 6.39. The van der Waals surface area contributed by atoms with Gasteiger partial charge in [0.1, 0.15) is 5.75 Å². The molecule has 2 aromatic rings. The van der Waals surface area contributed by atoms with Crippen molar-refractivity contribution in [1.82, 2.24) is 9.78 Å². The second-order valence-electron chi connectivity index (χ2n) is 4.17. The molecule has 0 radical (unpaired) electrons. The summed E-state index contributed by atoms with van der Waals surface area (Å²) < 4.78 is 30.0. The lowest BCUT2D eigenvalue weighted by molar-refractivity contribution is -0.0498. The van der Waals surface area contributed by atoms with Crippen molar-refractivity contribution in [3.8, 4) is 5.75 Å². The lowest BCUT2D eigenvalue weighted by atomic mass is 10.1. The van der Waals surface area contributed by atoms with E-state index in [2.05, 4.69) is 9.84 Å². The Balaban J connectivity index is 2.06. The lowest BCUT2D eigenvalue weighted by Gasteiger charge is -2.04. The largest absolute Gasteiger partial charge is 0.435 e. The van der Waals surface area contributed by atoms with Crippen LogP contribution in [-0.2, 0) is 6.54 Å². The van der Waals surface area contributed by atoms with Gasteiger partial charge in [0.15, 0.2) is 5.78 Å². The Morgan fingerprint density at radius 3 is 2.67 bits per heavy atom. The Morgan fingerprint density at radius 2 is 2.05 bits per heavy atom. The molecule has 0 aliphatic heterocycles. The second kappa shape index (κ2) is 6.78. The molecular formula is C15H14F2N2O2. The van der Waals surface area contributed by atoms with E-state index in [0.29, 0.717) is 12.1 Å². The summed E-state index contributed by atoms with van der Waals surface area (Å²) in [5.41, 5.74) is 1.22. The van der Waals surface area contributed by atoms with Crippen LogP contribution >= 0.6 is 0 Å². The van der Waals surface area contributed by atoms with Crippen LogP contribution in [0.1, 0.15) is 23.0 Å². The Morgan fingerprint density at radius 1 is 1.33 bits per heavy atom. The topological polar surface area (TPSA) is 44.1 Å². The standard InChI is InChI=1S/C15H14F2N2O2/c1-2-19-12(9-10-18-19)5-8-14(20)11-3-6-13(7-4-11)21-15(16)17/h3-10,15H,2H2,1H3/b8-5+. The van der Waals surface area contributed by atoms with E-state index in [1.807, 2.05) is 6.92 Å². The lowest BCUT2D eigenvalue weighted by Crippen LogP contribution is -2.02. The number of rotatable bonds is 6. The van der Waals surface area contributed by atoms with Crippen LogP contribution in [0.3, 0.4) is 0 Å². The van der Waals surface area contributed by atoms with Crippen LogP contribution in [-0.4, -0.2) is 22.2 Å². The maximum absolute atomic E-state index is 12.0. The second-order valence-corrected chi connectivity index (χ2v) is 4.17. The Bertz CT molecular complexity index is 633. The Hall–Kier alpha value is -2.50. The predicted molar refractivity (Wildman–Crippen MR) is 74.3 cm³/mol. The number of carbonyl (C=O) groups excluding carboxylic acids is 1. The molecule has 1 aromatic heterocycles. The molecule has 0 N–H and O–H groups in total. The smallest absolute Gasteiger partial charge is 0.387 e. The molecule has 0 bridgehead atoms. The number of allylic oxidation sites excluding steroid dienone is 1. The van der Waals surface area contributed by atoms with Crippen LogP contribution in [0.15, 0.2) is 42.6 Å². The van der Waals surface area contributed by atoms with E-state index >= 15 is 0 Å². The zero-order valence-electron chi connectivity index (χ0n) is 11.4. The fraction of sp³-hybridized carbons (Fsp3) is 0.200. The number of aryl methyl sites for hydroxylation is 1. The number of nitrogens with zero attached hydrogens (tertiary/aromatic N) is 2. The molecule has 1 heterocycles. The molecule has 0 fully saturated rings. The zero-order valence-corrected chi connectivity index (χ0v) is 11.4. The third-order valence-electron chi connectivity index (χ3n) is 2.82. The number of carbonyl (C=O) groups is 1. The fourth-order valence-electron chi connectivity index (χ4n) is 1.81. The Kier molecular flexibility index (Phi) is 4.81. The monoisotopic (exact) mass is 292 g/mol. The van der Waals surface area contributed by atoms with Gasteiger partial charge < -0.3 is 4.74 Å². The molecule has 4 nitrogen and oxygen atoms in total. The number of hydrogen-bond acceptors (Lipinski definition) is 3. The summed E-state index contributed by atoms with van der Waals surface area (Å²) >= 11 is 0. The van der Waals surface area contributed by atoms with E-state index in [9.17, 15) is 13.6 Å². The maximum Gasteiger partial charge on any atom is 0.387 e. The van der Waals surface area contributed by atoms with Gasteiger partial charge in [0, 0.05) is 18.3 Å². The van der Waals surface area contributed by atoms with Gasteiger partial charge in [-0.25, -0.2) is 0 Å². The van der Waals surface area contributed by atoms with Gasteiger partial charge >= 0.3 is 6.61 Å². The van der Waals surface area contributed by atoms with Crippen LogP contribution in [0.25, 0.3) is 6.08 Å². The van der Waals surface area contributed by atoms with E-state index in [1.54, 1.807) is 23.0 Å². The highest BCUT2D eigenvalue weighted by molar-refractivity contribution is 6.06. The number of ketones is 1. The summed E-state index contributed by atoms with van der Waals surface area (Å²) in [6.07, 6.45) is 4.75. The van der Waals surface area contributed by atoms with Gasteiger partial charge in [0.25, 0.3) is 0 Å². The van der Waals surface area contributed by atoms with E-state index in [4.69, 9.17) is 0 Å². The summed E-state index contributed by atoms with van der Waals surface area (Å²) in [7, 11) is 0. The molecular weight excluding hydrogens is 278 g/mol. The zero-order chi connectivity index (χ0) is 15.2. The highest BCUT2D eigenvalue weighted by Crippen LogP contribution is 2.15. The van der Waals surface area contributed by atoms with Gasteiger partial charge in [-0.1, -0.05) is 0 Å². The first-order valence-corrected chi connectivity index (χ1v) is 6.39. The van der Waals surface area contributed by atoms with Gasteiger partial charge in [-0.3, -0.25) is 9.48 Å². The highest BCUT2D eigenvalue weighted by atomic mass is 19.3. The molecule has 0 saturated heterocycles. The minimum absolute atomic E-state index is 0.0228. The van der Waals surface area contributed by atoms with E-state index in [0.717, 1.165) is 5.69 Å². The van der Waals surface area contributed by atoms with Gasteiger partial charge in [0.05, 0.1) is 5.69 Å². The average Bonchev–Trinajstić information content (AvgIpc) is 2.92. The maximum atomic E-state index is 12.0. The van der Waals surface area contributed by atoms with Crippen LogP contribution < -0.4 is 4.74 Å². The summed E-state index contributed by atoms with van der Waals surface area (Å²) in [6, 6.07) is 7.36. The minimum atomic E-state index is -2.87. The van der Waals surface area contributed by atoms with Crippen molar-refractivity contribution < 1.29 is 18.3 Å². The van der Waals surface area contributed by atoms with Crippen molar-refractivity contribution >= 4 is 11.9 Å². The van der Waals surface area contributed by atoms with E-state index in [1.165, 1.54) is 30.3 Å². The van der Waals surface area contributed by atoms with Crippen molar-refractivity contribution in [1.29, 1.82) is 0 Å². The van der Waals surface area contributed by atoms with Crippen molar-refractivity contribution in [2.45, 2.75) is 20.1 Å². The first kappa shape index (κ1) is 14.9. The summed E-state index contributed by atoms with van der Waals surface area (Å²) in [4.78, 5) is 12.0. The molecule has 0 aliphatic rings. The molecule has 0 amide bonds. The first-order chi connectivity index (χ1) is 10.1. The molecule has 1 aromatic carbocycles. The van der Waals surface area contributed by atoms with E-state index in [-0.39, 0.29) is 11.5 Å². The van der Waals surface area contributed by atoms with Crippen molar-refractivity contribution in [3.05, 3.63) is 53.9 Å². The number of ether oxygens (including phenoxy) is 1. The Labute approximate surface area is 120 Å². The van der Waals surface area contributed by atoms with Gasteiger partial charge in [0.2, 0.25) is 0 Å². The van der Waals surface area contributed by atoms with Crippen LogP contribution in [0, 0.1) is 0 Å². The van der Waals surface area contributed by atoms with Crippen molar-refractivity contribution in [2.24, 2.45) is 0 Å². The molecule has 0 saturated carbocycles. The van der Waals surface area contributed by atoms with Crippen LogP contribution in [0.5, 0.6) is 5.75 Å². The SMILES string of the molecule is CCn1nccc1/C=C/C(=O)c1ccc(OC(F)F)cc1. The number of halogens is 2. The van der Waals surface area contributed by atoms with Crippen molar-refractivity contribution in [3.63, 3.8) is 0 Å². The fourth-order valence-corrected chi connectivity index (χ4v) is 1.81. The van der Waals surface area contributed by atoms with Gasteiger partial charge in [-0.2, -0.15) is 13.9 Å². The van der Waals surface area contributed by atoms with Gasteiger partial charge in [-0.15, -0.1) is 0 Å². The molecule has 0 atom stereocenters. The van der Waals surface area contributed by atoms with E-state index < -0.39 is 6.61 Å². The minimum Gasteiger partial charge on any atom is -0.435 e. The highest BCUT2D eigenvalue weighted by Gasteiger charge is 2.06. The number of benzene rings is 1. The van der Waals surface area contributed by atoms with Gasteiger partial charge in [-0.05, 0) is 49.4 Å². The number of alkyl halides is 2. The number of aromatic nitrogens is 2. The quantitative estimate of drug-likeness (QED) is 0.605. The molecule has 21 heavy (non-hydrogen) atoms. The normalized spacial score (nSPS) is 11.2. The van der Waals surface area contributed by atoms with Crippen molar-refractivity contribution in [2.75, 3.05) is 0 Å². The molecule has 0 unspecified atom stereocenters. The van der Waals surface area contributed by atoms with Crippen LogP contribution in [0.2, 0.25) is 0 Å². The third-order valence-corrected chi connectivity index (χ3v) is 2.82. The summed E-state index contributed by atoms with van der Waals surface area (Å²) in [6.45, 7) is -0.213. The molecule has 2 rings (SSSR count). The number of hydrogen-bond donors (Lipinski definition) is 0. The molecule has 0 spiro atoms. The molecule has 110 valence electrons. The predicted octanol–water partition coefficient (Wildman–Crippen LogP) is 3.40. The van der Waals surface area contributed by atoms with Crippen LogP contribution in [0.4, 0.5) is 8.78 Å². The summed E-state index contributed by atoms with van der Waals surface area (Å²) in [5.74, 6) is -0.197. The third kappa shape index (κ3) is 3.98. The molecule has 0 aliphatic carbocycles. The molecule has 6 heteroatoms. The summed E-state index contributed by atoms with van der Waals surface area (Å²) in [5, 5.41) is 4.09.